The highest BCUT2D eigenvalue weighted by Gasteiger charge is 2.34. The summed E-state index contributed by atoms with van der Waals surface area (Å²) in [5.41, 5.74) is 2.10. The first-order chi connectivity index (χ1) is 14.0. The number of likely N-dealkylation sites (tertiary alicyclic amines) is 1. The first kappa shape index (κ1) is 20.5. The van der Waals surface area contributed by atoms with Gasteiger partial charge in [-0.2, -0.15) is 0 Å². The van der Waals surface area contributed by atoms with Crippen LogP contribution in [0.4, 0.5) is 0 Å². The van der Waals surface area contributed by atoms with E-state index in [4.69, 9.17) is 9.72 Å². The number of carbonyl (C=O) groups is 1. The lowest BCUT2D eigenvalue weighted by Gasteiger charge is -2.38. The van der Waals surface area contributed by atoms with E-state index >= 15 is 0 Å². The van der Waals surface area contributed by atoms with Gasteiger partial charge < -0.3 is 9.64 Å². The van der Waals surface area contributed by atoms with Gasteiger partial charge in [0.05, 0.1) is 22.9 Å². The molecule has 2 saturated heterocycles. The van der Waals surface area contributed by atoms with Crippen LogP contribution in [0.2, 0.25) is 0 Å². The number of nitrogens with zero attached hydrogens (tertiary/aromatic N) is 3. The number of rotatable bonds is 5. The highest BCUT2D eigenvalue weighted by molar-refractivity contribution is 7.13. The lowest BCUT2D eigenvalue weighted by atomic mass is 10.1. The maximum atomic E-state index is 13.4. The van der Waals surface area contributed by atoms with Crippen molar-refractivity contribution in [3.8, 4) is 0 Å². The van der Waals surface area contributed by atoms with E-state index < -0.39 is 0 Å². The van der Waals surface area contributed by atoms with Crippen LogP contribution >= 0.6 is 11.3 Å². The number of ether oxygens (including phenoxy) is 1. The quantitative estimate of drug-likeness (QED) is 0.749. The maximum absolute atomic E-state index is 13.4. The van der Waals surface area contributed by atoms with E-state index in [1.807, 2.05) is 25.1 Å². The Hall–Kier alpha value is -1.76. The first-order valence-corrected chi connectivity index (χ1v) is 11.5. The molecule has 0 radical (unpaired) electrons. The summed E-state index contributed by atoms with van der Waals surface area (Å²) in [5, 5.41) is 1.02. The third-order valence-electron chi connectivity index (χ3n) is 5.84. The molecule has 5 nitrogen and oxygen atoms in total. The van der Waals surface area contributed by atoms with Crippen LogP contribution in [0.3, 0.4) is 0 Å². The van der Waals surface area contributed by atoms with Gasteiger partial charge in [-0.15, -0.1) is 11.3 Å². The lowest BCUT2D eigenvalue weighted by Crippen LogP contribution is -2.50. The largest absolute Gasteiger partial charge is 0.373 e. The van der Waals surface area contributed by atoms with Crippen molar-refractivity contribution in [2.75, 3.05) is 26.2 Å². The topological polar surface area (TPSA) is 45.7 Å². The molecular formula is C23H31N3O2S. The van der Waals surface area contributed by atoms with Gasteiger partial charge in [0.15, 0.2) is 0 Å². The van der Waals surface area contributed by atoms with E-state index in [1.165, 1.54) is 5.56 Å². The van der Waals surface area contributed by atoms with Crippen molar-refractivity contribution in [1.29, 1.82) is 0 Å². The molecule has 1 aromatic carbocycles. The van der Waals surface area contributed by atoms with Crippen LogP contribution in [0.15, 0.2) is 30.3 Å². The van der Waals surface area contributed by atoms with E-state index in [9.17, 15) is 4.79 Å². The highest BCUT2D eigenvalue weighted by atomic mass is 32.1. The van der Waals surface area contributed by atoms with Crippen LogP contribution < -0.4 is 0 Å². The average molecular weight is 414 g/mol. The van der Waals surface area contributed by atoms with Gasteiger partial charge in [0.1, 0.15) is 4.88 Å². The normalized spacial score (nSPS) is 25.5. The number of morpholine rings is 1. The van der Waals surface area contributed by atoms with Crippen LogP contribution in [0.25, 0.3) is 0 Å². The average Bonchev–Trinajstić information content (AvgIpc) is 3.27. The molecule has 2 aliphatic heterocycles. The summed E-state index contributed by atoms with van der Waals surface area (Å²) in [6.07, 6.45) is 3.47. The molecule has 0 spiro atoms. The van der Waals surface area contributed by atoms with Gasteiger partial charge in [0.2, 0.25) is 0 Å². The van der Waals surface area contributed by atoms with Crippen LogP contribution in [-0.2, 0) is 11.2 Å². The van der Waals surface area contributed by atoms with Gasteiger partial charge >= 0.3 is 0 Å². The molecule has 4 rings (SSSR count). The Morgan fingerprint density at radius 3 is 2.66 bits per heavy atom. The third-order valence-corrected chi connectivity index (χ3v) is 6.98. The minimum atomic E-state index is 0.163. The second-order valence-electron chi connectivity index (χ2n) is 8.45. The van der Waals surface area contributed by atoms with Crippen molar-refractivity contribution in [3.63, 3.8) is 0 Å². The Kier molecular flexibility index (Phi) is 6.32. The molecule has 0 aliphatic carbocycles. The standard InChI is InChI=1S/C23H31N3O2S/c1-16-13-25(14-17(2)28-16)15-20-10-7-11-26(20)23(27)22-18(3)24-21(29-22)12-19-8-5-4-6-9-19/h4-6,8-9,16-17,20H,7,10-15H2,1-3H3. The lowest BCUT2D eigenvalue weighted by molar-refractivity contribution is -0.0715. The van der Waals surface area contributed by atoms with E-state index in [0.717, 1.165) is 61.0 Å². The van der Waals surface area contributed by atoms with E-state index in [1.54, 1.807) is 11.3 Å². The molecule has 2 fully saturated rings. The minimum Gasteiger partial charge on any atom is -0.373 e. The molecule has 156 valence electrons. The second kappa shape index (κ2) is 8.94. The molecule has 6 heteroatoms. The number of amides is 1. The summed E-state index contributed by atoms with van der Waals surface area (Å²) >= 11 is 1.56. The van der Waals surface area contributed by atoms with Crippen LogP contribution in [0, 0.1) is 6.92 Å². The zero-order chi connectivity index (χ0) is 20.4. The zero-order valence-corrected chi connectivity index (χ0v) is 18.5. The molecule has 2 aromatic rings. The smallest absolute Gasteiger partial charge is 0.266 e. The Morgan fingerprint density at radius 1 is 1.21 bits per heavy atom. The Morgan fingerprint density at radius 2 is 1.93 bits per heavy atom. The minimum absolute atomic E-state index is 0.163. The molecule has 29 heavy (non-hydrogen) atoms. The van der Waals surface area contributed by atoms with E-state index in [0.29, 0.717) is 6.04 Å². The molecule has 0 saturated carbocycles. The summed E-state index contributed by atoms with van der Waals surface area (Å²) in [4.78, 5) is 23.4. The molecule has 0 bridgehead atoms. The fraction of sp³-hybridized carbons (Fsp3) is 0.565. The summed E-state index contributed by atoms with van der Waals surface area (Å²) in [6, 6.07) is 10.6. The van der Waals surface area contributed by atoms with Crippen molar-refractivity contribution in [1.82, 2.24) is 14.8 Å². The fourth-order valence-corrected chi connectivity index (χ4v) is 5.71. The van der Waals surface area contributed by atoms with Gasteiger partial charge in [-0.25, -0.2) is 4.98 Å². The number of benzene rings is 1. The molecule has 1 amide bonds. The molecular weight excluding hydrogens is 382 g/mol. The highest BCUT2D eigenvalue weighted by Crippen LogP contribution is 2.27. The number of hydrogen-bond acceptors (Lipinski definition) is 5. The Balaban J connectivity index is 1.44. The predicted octanol–water partition coefficient (Wildman–Crippen LogP) is 3.76. The summed E-state index contributed by atoms with van der Waals surface area (Å²) in [5.74, 6) is 0.163. The molecule has 3 heterocycles. The molecule has 3 unspecified atom stereocenters. The summed E-state index contributed by atoms with van der Waals surface area (Å²) in [7, 11) is 0. The number of hydrogen-bond donors (Lipinski definition) is 0. The predicted molar refractivity (Wildman–Crippen MR) is 117 cm³/mol. The van der Waals surface area contributed by atoms with Crippen molar-refractivity contribution in [2.24, 2.45) is 0 Å². The number of aromatic nitrogens is 1. The third kappa shape index (κ3) is 4.87. The van der Waals surface area contributed by atoms with Gasteiger partial charge in [-0.3, -0.25) is 9.69 Å². The number of aryl methyl sites for hydroxylation is 1. The zero-order valence-electron chi connectivity index (χ0n) is 17.6. The summed E-state index contributed by atoms with van der Waals surface area (Å²) in [6.45, 7) is 9.93. The first-order valence-electron chi connectivity index (χ1n) is 10.7. The van der Waals surface area contributed by atoms with Crippen LogP contribution in [0.5, 0.6) is 0 Å². The Bertz CT molecular complexity index is 828. The van der Waals surface area contributed by atoms with Gasteiger partial charge in [0.25, 0.3) is 5.91 Å². The summed E-state index contributed by atoms with van der Waals surface area (Å²) < 4.78 is 5.86. The SMILES string of the molecule is Cc1nc(Cc2ccccc2)sc1C(=O)N1CCCC1CN1CC(C)OC(C)C1. The number of carbonyl (C=O) groups excluding carboxylic acids is 1. The molecule has 0 N–H and O–H groups in total. The van der Waals surface area contributed by atoms with Gasteiger partial charge in [0, 0.05) is 38.6 Å². The maximum Gasteiger partial charge on any atom is 0.266 e. The number of thiazole rings is 1. The van der Waals surface area contributed by atoms with Crippen LogP contribution in [-0.4, -0.2) is 65.1 Å². The van der Waals surface area contributed by atoms with Gasteiger partial charge in [-0.05, 0) is 39.2 Å². The Labute approximate surface area is 177 Å². The van der Waals surface area contributed by atoms with Crippen molar-refractivity contribution < 1.29 is 9.53 Å². The molecule has 1 aromatic heterocycles. The van der Waals surface area contributed by atoms with E-state index in [2.05, 4.69) is 35.8 Å². The van der Waals surface area contributed by atoms with E-state index in [-0.39, 0.29) is 18.1 Å². The monoisotopic (exact) mass is 413 g/mol. The molecule has 2 aliphatic rings. The fourth-order valence-electron chi connectivity index (χ4n) is 4.65. The van der Waals surface area contributed by atoms with Crippen molar-refractivity contribution in [3.05, 3.63) is 51.5 Å². The van der Waals surface area contributed by atoms with Crippen molar-refractivity contribution in [2.45, 2.75) is 58.3 Å². The van der Waals surface area contributed by atoms with Crippen LogP contribution in [0.1, 0.15) is 52.6 Å². The molecule has 3 atom stereocenters. The van der Waals surface area contributed by atoms with Crippen molar-refractivity contribution >= 4 is 17.2 Å². The second-order valence-corrected chi connectivity index (χ2v) is 9.54. The van der Waals surface area contributed by atoms with Gasteiger partial charge in [-0.1, -0.05) is 30.3 Å².